The summed E-state index contributed by atoms with van der Waals surface area (Å²) in [5, 5.41) is 1.42. The number of halogens is 1. The average Bonchev–Trinajstić information content (AvgIpc) is 2.49. The summed E-state index contributed by atoms with van der Waals surface area (Å²) >= 11 is 2.17. The van der Waals surface area contributed by atoms with E-state index in [4.69, 9.17) is 9.47 Å². The second-order valence-electron chi connectivity index (χ2n) is 4.99. The lowest BCUT2D eigenvalue weighted by molar-refractivity contribution is -0.145. The summed E-state index contributed by atoms with van der Waals surface area (Å²) in [6, 6.07) is 6.72. The molecule has 0 unspecified atom stereocenters. The van der Waals surface area contributed by atoms with Crippen molar-refractivity contribution in [1.29, 1.82) is 0 Å². The van der Waals surface area contributed by atoms with E-state index in [1.54, 1.807) is 12.3 Å². The van der Waals surface area contributed by atoms with Gasteiger partial charge >= 0.3 is 11.9 Å². The zero-order valence-electron chi connectivity index (χ0n) is 12.7. The number of fused-ring (bicyclic) bond motifs is 1. The molecule has 0 fully saturated rings. The van der Waals surface area contributed by atoms with E-state index >= 15 is 0 Å². The van der Waals surface area contributed by atoms with Crippen molar-refractivity contribution in [3.8, 4) is 0 Å². The number of hydrogen-bond acceptors (Lipinski definition) is 5. The predicted molar refractivity (Wildman–Crippen MR) is 93.2 cm³/mol. The topological polar surface area (TPSA) is 74.6 Å². The van der Waals surface area contributed by atoms with Crippen molar-refractivity contribution >= 4 is 45.3 Å². The molecule has 0 radical (unpaired) electrons. The third-order valence-corrected chi connectivity index (χ3v) is 4.21. The highest BCUT2D eigenvalue weighted by Crippen LogP contribution is 2.18. The SMILES string of the molecule is CC(=O)OCC(COC(C)=O)n1ccc2c(I)cccc2c1=O. The number of hydrogen-bond donors (Lipinski definition) is 0. The third kappa shape index (κ3) is 4.31. The second kappa shape index (κ2) is 7.58. The molecule has 0 saturated heterocycles. The summed E-state index contributed by atoms with van der Waals surface area (Å²) in [4.78, 5) is 34.8. The average molecular weight is 429 g/mol. The van der Waals surface area contributed by atoms with Gasteiger partial charge in [0.25, 0.3) is 5.56 Å². The smallest absolute Gasteiger partial charge is 0.302 e. The van der Waals surface area contributed by atoms with Gasteiger partial charge in [0.2, 0.25) is 0 Å². The third-order valence-electron chi connectivity index (χ3n) is 3.27. The number of carbonyl (C=O) groups is 2. The molecule has 6 nitrogen and oxygen atoms in total. The first-order valence-electron chi connectivity index (χ1n) is 6.96. The molecule has 1 aromatic carbocycles. The maximum Gasteiger partial charge on any atom is 0.302 e. The lowest BCUT2D eigenvalue weighted by Gasteiger charge is -2.19. The van der Waals surface area contributed by atoms with Crippen LogP contribution >= 0.6 is 22.6 Å². The van der Waals surface area contributed by atoms with E-state index in [2.05, 4.69) is 22.6 Å². The van der Waals surface area contributed by atoms with Crippen molar-refractivity contribution < 1.29 is 19.1 Å². The van der Waals surface area contributed by atoms with E-state index in [0.717, 1.165) is 8.96 Å². The number of carbonyl (C=O) groups excluding carboxylic acids is 2. The summed E-state index contributed by atoms with van der Waals surface area (Å²) in [6.07, 6.45) is 1.63. The van der Waals surface area contributed by atoms with Gasteiger partial charge in [-0.1, -0.05) is 6.07 Å². The Hall–Kier alpha value is -1.90. The molecule has 23 heavy (non-hydrogen) atoms. The van der Waals surface area contributed by atoms with E-state index in [9.17, 15) is 14.4 Å². The van der Waals surface area contributed by atoms with Crippen molar-refractivity contribution in [1.82, 2.24) is 4.57 Å². The Morgan fingerprint density at radius 3 is 2.26 bits per heavy atom. The Labute approximate surface area is 146 Å². The molecule has 0 aliphatic heterocycles. The monoisotopic (exact) mass is 429 g/mol. The maximum absolute atomic E-state index is 12.7. The molecule has 0 bridgehead atoms. The minimum Gasteiger partial charge on any atom is -0.464 e. The zero-order valence-corrected chi connectivity index (χ0v) is 14.9. The molecular formula is C16H16INO5. The van der Waals surface area contributed by atoms with Crippen molar-refractivity contribution in [2.75, 3.05) is 13.2 Å². The van der Waals surface area contributed by atoms with E-state index in [1.165, 1.54) is 18.4 Å². The standard InChI is InChI=1S/C16H16INO5/c1-10(19)22-8-12(9-23-11(2)20)18-7-6-13-14(16(18)21)4-3-5-15(13)17/h3-7,12H,8-9H2,1-2H3. The Bertz CT molecular complexity index is 781. The zero-order chi connectivity index (χ0) is 17.0. The molecule has 0 amide bonds. The minimum absolute atomic E-state index is 0.0437. The van der Waals surface area contributed by atoms with Crippen LogP contribution in [-0.2, 0) is 19.1 Å². The number of esters is 2. The first-order chi connectivity index (χ1) is 10.9. The van der Waals surface area contributed by atoms with Crippen LogP contribution in [0.3, 0.4) is 0 Å². The minimum atomic E-state index is -0.572. The summed E-state index contributed by atoms with van der Waals surface area (Å²) in [7, 11) is 0. The lowest BCUT2D eigenvalue weighted by Crippen LogP contribution is -2.31. The molecule has 0 aliphatic carbocycles. The number of aromatic nitrogens is 1. The number of pyridine rings is 1. The molecule has 0 atom stereocenters. The number of ether oxygens (including phenoxy) is 2. The molecule has 2 aromatic rings. The van der Waals surface area contributed by atoms with Gasteiger partial charge < -0.3 is 14.0 Å². The normalized spacial score (nSPS) is 10.8. The largest absolute Gasteiger partial charge is 0.464 e. The van der Waals surface area contributed by atoms with E-state index in [1.807, 2.05) is 18.2 Å². The van der Waals surface area contributed by atoms with Crippen molar-refractivity contribution in [3.05, 3.63) is 44.4 Å². The summed E-state index contributed by atoms with van der Waals surface area (Å²) in [6.45, 7) is 2.48. The van der Waals surface area contributed by atoms with Gasteiger partial charge in [0.15, 0.2) is 0 Å². The summed E-state index contributed by atoms with van der Waals surface area (Å²) in [5.41, 5.74) is -0.217. The second-order valence-corrected chi connectivity index (χ2v) is 6.15. The fourth-order valence-corrected chi connectivity index (χ4v) is 2.86. The molecule has 0 spiro atoms. The number of rotatable bonds is 5. The quantitative estimate of drug-likeness (QED) is 0.539. The molecule has 2 rings (SSSR count). The first kappa shape index (κ1) is 17.5. The van der Waals surface area contributed by atoms with Crippen molar-refractivity contribution in [2.45, 2.75) is 19.9 Å². The molecule has 0 aliphatic rings. The van der Waals surface area contributed by atoms with Gasteiger partial charge in [-0.2, -0.15) is 0 Å². The van der Waals surface area contributed by atoms with Crippen LogP contribution in [0.25, 0.3) is 10.8 Å². The molecule has 0 N–H and O–H groups in total. The van der Waals surface area contributed by atoms with Crippen molar-refractivity contribution in [2.24, 2.45) is 0 Å². The number of benzene rings is 1. The van der Waals surface area contributed by atoms with Crippen LogP contribution in [0.1, 0.15) is 19.9 Å². The van der Waals surface area contributed by atoms with E-state index < -0.39 is 18.0 Å². The van der Waals surface area contributed by atoms with Gasteiger partial charge in [0.1, 0.15) is 19.3 Å². The molecule has 1 heterocycles. The van der Waals surface area contributed by atoms with Crippen LogP contribution in [0, 0.1) is 3.57 Å². The fourth-order valence-electron chi connectivity index (χ4n) is 2.18. The van der Waals surface area contributed by atoms with Gasteiger partial charge in [-0.25, -0.2) is 0 Å². The van der Waals surface area contributed by atoms with Gasteiger partial charge in [-0.05, 0) is 40.8 Å². The molecule has 1 aromatic heterocycles. The lowest BCUT2D eigenvalue weighted by atomic mass is 10.1. The highest BCUT2D eigenvalue weighted by atomic mass is 127. The van der Waals surface area contributed by atoms with Gasteiger partial charge in [0, 0.05) is 34.4 Å². The van der Waals surface area contributed by atoms with Crippen LogP contribution in [0.2, 0.25) is 0 Å². The van der Waals surface area contributed by atoms with E-state index in [0.29, 0.717) is 5.39 Å². The summed E-state index contributed by atoms with van der Waals surface area (Å²) in [5.74, 6) is -0.914. The Morgan fingerprint density at radius 2 is 1.70 bits per heavy atom. The van der Waals surface area contributed by atoms with Crippen LogP contribution in [0.15, 0.2) is 35.3 Å². The Morgan fingerprint density at radius 1 is 1.09 bits per heavy atom. The van der Waals surface area contributed by atoms with Gasteiger partial charge in [0.05, 0.1) is 0 Å². The van der Waals surface area contributed by atoms with Crippen molar-refractivity contribution in [3.63, 3.8) is 0 Å². The van der Waals surface area contributed by atoms with Crippen LogP contribution in [0.5, 0.6) is 0 Å². The Kier molecular flexibility index (Phi) is 5.75. The molecular weight excluding hydrogens is 413 g/mol. The first-order valence-corrected chi connectivity index (χ1v) is 8.04. The van der Waals surface area contributed by atoms with Gasteiger partial charge in [-0.15, -0.1) is 0 Å². The highest BCUT2D eigenvalue weighted by molar-refractivity contribution is 14.1. The fraction of sp³-hybridized carbons (Fsp3) is 0.312. The Balaban J connectivity index is 2.42. The summed E-state index contributed by atoms with van der Waals surface area (Å²) < 4.78 is 12.4. The van der Waals surface area contributed by atoms with Crippen LogP contribution in [-0.4, -0.2) is 29.7 Å². The van der Waals surface area contributed by atoms with Crippen LogP contribution in [0.4, 0.5) is 0 Å². The van der Waals surface area contributed by atoms with E-state index in [-0.39, 0.29) is 18.8 Å². The molecule has 122 valence electrons. The molecule has 0 saturated carbocycles. The maximum atomic E-state index is 12.7. The van der Waals surface area contributed by atoms with Gasteiger partial charge in [-0.3, -0.25) is 14.4 Å². The highest BCUT2D eigenvalue weighted by Gasteiger charge is 2.17. The van der Waals surface area contributed by atoms with Crippen LogP contribution < -0.4 is 5.56 Å². The molecule has 7 heteroatoms. The number of nitrogens with zero attached hydrogens (tertiary/aromatic N) is 1. The predicted octanol–water partition coefficient (Wildman–Crippen LogP) is 2.27.